The lowest BCUT2D eigenvalue weighted by Crippen LogP contribution is -2.46. The number of nitrogens with one attached hydrogen (secondary N) is 1. The Kier molecular flexibility index (Phi) is 12.3. The van der Waals surface area contributed by atoms with Crippen molar-refractivity contribution in [3.8, 4) is 34.4 Å². The van der Waals surface area contributed by atoms with Gasteiger partial charge in [-0.25, -0.2) is 22.0 Å². The van der Waals surface area contributed by atoms with Crippen LogP contribution in [0.25, 0.3) is 22.3 Å². The van der Waals surface area contributed by atoms with E-state index < -0.39 is 40.0 Å². The van der Waals surface area contributed by atoms with Crippen LogP contribution in [0.3, 0.4) is 0 Å². The standard InChI is InChI=1S/C43H31Cl2N5O6S/c44-33-22-34(45)24-35(23-33)57(54,55)50-19-5-10-40(50)41(51)49-39(21-28-13-17-30(18-14-28)37-9-4-2-7-32(37)26-47)43(53)56-42(52)38(48)20-27-11-15-29(16-12-27)36-8-3-1-6-31(36)25-46/h1-19,22-24,38-39H,20-21,48H2,(H,49,51)/t38-,39-/m0/s1. The van der Waals surface area contributed by atoms with Crippen molar-refractivity contribution in [1.29, 1.82) is 10.5 Å². The Labute approximate surface area is 338 Å². The van der Waals surface area contributed by atoms with Crippen molar-refractivity contribution in [1.82, 2.24) is 9.29 Å². The fraction of sp³-hybridized carbons (Fsp3) is 0.0930. The van der Waals surface area contributed by atoms with Crippen molar-refractivity contribution < 1.29 is 27.5 Å². The summed E-state index contributed by atoms with van der Waals surface area (Å²) in [6.07, 6.45) is 0.992. The first-order valence-electron chi connectivity index (χ1n) is 17.3. The molecule has 0 aliphatic carbocycles. The third-order valence-electron chi connectivity index (χ3n) is 8.95. The molecule has 284 valence electrons. The highest BCUT2D eigenvalue weighted by Crippen LogP contribution is 2.27. The van der Waals surface area contributed by atoms with Gasteiger partial charge >= 0.3 is 11.9 Å². The normalized spacial score (nSPS) is 12.1. The van der Waals surface area contributed by atoms with Crippen LogP contribution in [-0.2, 0) is 37.2 Å². The number of nitrogens with zero attached hydrogens (tertiary/aromatic N) is 3. The van der Waals surface area contributed by atoms with Gasteiger partial charge in [-0.15, -0.1) is 0 Å². The molecule has 6 aromatic rings. The van der Waals surface area contributed by atoms with E-state index in [1.165, 1.54) is 30.3 Å². The Hall–Kier alpha value is -6.54. The lowest BCUT2D eigenvalue weighted by molar-refractivity contribution is -0.162. The third-order valence-corrected chi connectivity index (χ3v) is 11.1. The molecule has 1 amide bonds. The van der Waals surface area contributed by atoms with E-state index in [2.05, 4.69) is 17.5 Å². The molecule has 6 rings (SSSR count). The van der Waals surface area contributed by atoms with E-state index in [1.54, 1.807) is 84.9 Å². The molecule has 1 heterocycles. The smallest absolute Gasteiger partial charge is 0.336 e. The lowest BCUT2D eigenvalue weighted by atomic mass is 9.97. The average molecular weight is 817 g/mol. The Morgan fingerprint density at radius 1 is 0.702 bits per heavy atom. The Balaban J connectivity index is 1.22. The second-order valence-corrected chi connectivity index (χ2v) is 15.5. The van der Waals surface area contributed by atoms with Crippen molar-refractivity contribution in [3.63, 3.8) is 0 Å². The van der Waals surface area contributed by atoms with Crippen molar-refractivity contribution in [2.24, 2.45) is 5.73 Å². The number of carbonyl (C=O) groups excluding carboxylic acids is 3. The quantitative estimate of drug-likeness (QED) is 0.0961. The number of nitriles is 2. The van der Waals surface area contributed by atoms with Gasteiger partial charge in [0.15, 0.2) is 0 Å². The molecule has 57 heavy (non-hydrogen) atoms. The van der Waals surface area contributed by atoms with Crippen LogP contribution in [0, 0.1) is 22.7 Å². The summed E-state index contributed by atoms with van der Waals surface area (Å²) in [4.78, 5) is 40.4. The van der Waals surface area contributed by atoms with Crippen LogP contribution in [-0.4, -0.2) is 42.3 Å². The topological polar surface area (TPSA) is 185 Å². The maximum absolute atomic E-state index is 13.8. The van der Waals surface area contributed by atoms with Gasteiger partial charge < -0.3 is 15.8 Å². The molecule has 0 spiro atoms. The first kappa shape index (κ1) is 40.1. The number of rotatable bonds is 12. The molecular weight excluding hydrogens is 785 g/mol. The van der Waals surface area contributed by atoms with E-state index in [1.807, 2.05) is 12.1 Å². The van der Waals surface area contributed by atoms with Gasteiger partial charge in [-0.05, 0) is 82.3 Å². The molecule has 5 aromatic carbocycles. The monoisotopic (exact) mass is 815 g/mol. The third kappa shape index (κ3) is 9.30. The van der Waals surface area contributed by atoms with Crippen molar-refractivity contribution in [2.45, 2.75) is 29.8 Å². The van der Waals surface area contributed by atoms with Gasteiger partial charge in [-0.2, -0.15) is 10.5 Å². The molecule has 0 unspecified atom stereocenters. The molecule has 0 radical (unpaired) electrons. The fourth-order valence-corrected chi connectivity index (χ4v) is 8.16. The number of aromatic nitrogens is 1. The number of esters is 2. The predicted molar refractivity (Wildman–Crippen MR) is 214 cm³/mol. The Morgan fingerprint density at radius 2 is 1.21 bits per heavy atom. The van der Waals surface area contributed by atoms with Gasteiger partial charge in [0.25, 0.3) is 15.9 Å². The minimum absolute atomic E-state index is 0.00778. The lowest BCUT2D eigenvalue weighted by Gasteiger charge is -2.19. The number of benzene rings is 5. The van der Waals surface area contributed by atoms with Gasteiger partial charge in [0.05, 0.1) is 28.2 Å². The van der Waals surface area contributed by atoms with E-state index in [0.717, 1.165) is 26.9 Å². The highest BCUT2D eigenvalue weighted by atomic mass is 35.5. The molecule has 2 atom stereocenters. The molecule has 1 aromatic heterocycles. The summed E-state index contributed by atoms with van der Waals surface area (Å²) in [7, 11) is -4.39. The van der Waals surface area contributed by atoms with Crippen LogP contribution in [0.1, 0.15) is 32.7 Å². The highest BCUT2D eigenvalue weighted by molar-refractivity contribution is 7.90. The molecule has 0 aliphatic rings. The molecule has 0 aliphatic heterocycles. The largest absolute Gasteiger partial charge is 0.390 e. The molecule has 3 N–H and O–H groups in total. The molecule has 0 saturated heterocycles. The number of halogens is 2. The van der Waals surface area contributed by atoms with Gasteiger partial charge in [-0.1, -0.05) is 108 Å². The van der Waals surface area contributed by atoms with Crippen LogP contribution in [0.5, 0.6) is 0 Å². The van der Waals surface area contributed by atoms with Gasteiger partial charge in [0.2, 0.25) is 0 Å². The minimum atomic E-state index is -4.39. The van der Waals surface area contributed by atoms with Gasteiger partial charge in [0.1, 0.15) is 17.8 Å². The first-order chi connectivity index (χ1) is 27.4. The minimum Gasteiger partial charge on any atom is -0.390 e. The van der Waals surface area contributed by atoms with Gasteiger partial charge in [0, 0.05) is 22.7 Å². The summed E-state index contributed by atoms with van der Waals surface area (Å²) in [6.45, 7) is 0. The maximum Gasteiger partial charge on any atom is 0.336 e. The van der Waals surface area contributed by atoms with Crippen molar-refractivity contribution >= 4 is 51.1 Å². The van der Waals surface area contributed by atoms with Crippen LogP contribution in [0.2, 0.25) is 10.0 Å². The summed E-state index contributed by atoms with van der Waals surface area (Å²) < 4.78 is 33.2. The summed E-state index contributed by atoms with van der Waals surface area (Å²) in [5.41, 5.74) is 11.0. The molecular formula is C43H31Cl2N5O6S. The van der Waals surface area contributed by atoms with E-state index in [0.29, 0.717) is 27.8 Å². The van der Waals surface area contributed by atoms with Crippen molar-refractivity contribution in [3.05, 3.63) is 172 Å². The summed E-state index contributed by atoms with van der Waals surface area (Å²) in [5, 5.41) is 21.7. The van der Waals surface area contributed by atoms with Crippen LogP contribution >= 0.6 is 23.2 Å². The summed E-state index contributed by atoms with van der Waals surface area (Å²) >= 11 is 12.1. The number of nitrogens with two attached hydrogens (primary N) is 1. The van der Waals surface area contributed by atoms with E-state index in [9.17, 15) is 33.3 Å². The number of amides is 1. The Bertz CT molecular complexity index is 2660. The van der Waals surface area contributed by atoms with Crippen LogP contribution in [0.4, 0.5) is 0 Å². The van der Waals surface area contributed by atoms with E-state index in [-0.39, 0.29) is 33.5 Å². The van der Waals surface area contributed by atoms with Crippen LogP contribution < -0.4 is 11.1 Å². The highest BCUT2D eigenvalue weighted by Gasteiger charge is 2.30. The first-order valence-corrected chi connectivity index (χ1v) is 19.5. The van der Waals surface area contributed by atoms with Crippen LogP contribution in [0.15, 0.2) is 138 Å². The zero-order valence-electron chi connectivity index (χ0n) is 29.8. The molecule has 0 bridgehead atoms. The number of ether oxygens (including phenoxy) is 1. The average Bonchev–Trinajstić information content (AvgIpc) is 3.72. The fourth-order valence-electron chi connectivity index (χ4n) is 6.09. The predicted octanol–water partition coefficient (Wildman–Crippen LogP) is 7.09. The number of carbonyl (C=O) groups is 3. The molecule has 11 nitrogen and oxygen atoms in total. The molecule has 14 heteroatoms. The zero-order chi connectivity index (χ0) is 40.7. The summed E-state index contributed by atoms with van der Waals surface area (Å²) in [5.74, 6) is -3.15. The molecule has 0 fully saturated rings. The zero-order valence-corrected chi connectivity index (χ0v) is 32.1. The second kappa shape index (κ2) is 17.5. The maximum atomic E-state index is 13.8. The van der Waals surface area contributed by atoms with E-state index in [4.69, 9.17) is 33.7 Å². The number of hydrogen-bond acceptors (Lipinski definition) is 9. The SMILES string of the molecule is N#Cc1ccccc1-c1ccc(C[C@H](NC(=O)c2cccn2S(=O)(=O)c2cc(Cl)cc(Cl)c2)C(=O)OC(=O)[C@@H](N)Cc2ccc(-c3ccccc3C#N)cc2)cc1. The van der Waals surface area contributed by atoms with E-state index >= 15 is 0 Å². The second-order valence-electron chi connectivity index (χ2n) is 12.8. The number of hydrogen-bond donors (Lipinski definition) is 2. The van der Waals surface area contributed by atoms with Gasteiger partial charge in [-0.3, -0.25) is 4.79 Å². The Morgan fingerprint density at radius 3 is 1.74 bits per heavy atom. The molecule has 0 saturated carbocycles. The van der Waals surface area contributed by atoms with Crippen molar-refractivity contribution in [2.75, 3.05) is 0 Å². The summed E-state index contributed by atoms with van der Waals surface area (Å²) in [6, 6.07) is 36.0.